The van der Waals surface area contributed by atoms with Crippen molar-refractivity contribution < 1.29 is 0 Å². The molecule has 0 spiro atoms. The molecular formula is C24H22. The largest absolute Gasteiger partial charge is 0.0616 e. The van der Waals surface area contributed by atoms with Gasteiger partial charge in [0.15, 0.2) is 0 Å². The van der Waals surface area contributed by atoms with Crippen LogP contribution in [0.3, 0.4) is 0 Å². The summed E-state index contributed by atoms with van der Waals surface area (Å²) in [7, 11) is 0. The van der Waals surface area contributed by atoms with E-state index in [9.17, 15) is 0 Å². The van der Waals surface area contributed by atoms with Gasteiger partial charge < -0.3 is 0 Å². The highest BCUT2D eigenvalue weighted by atomic mass is 14.2. The molecule has 4 aromatic carbocycles. The maximum Gasteiger partial charge on any atom is -0.0143 e. The summed E-state index contributed by atoms with van der Waals surface area (Å²) in [5.74, 6) is 0. The summed E-state index contributed by atoms with van der Waals surface area (Å²) in [6.07, 6.45) is 0. The van der Waals surface area contributed by atoms with Crippen LogP contribution in [0, 0.1) is 27.7 Å². The molecule has 0 unspecified atom stereocenters. The molecular weight excluding hydrogens is 288 g/mol. The van der Waals surface area contributed by atoms with Crippen LogP contribution in [0.15, 0.2) is 60.7 Å². The van der Waals surface area contributed by atoms with E-state index in [2.05, 4.69) is 88.4 Å². The van der Waals surface area contributed by atoms with Crippen molar-refractivity contribution >= 4 is 21.5 Å². The molecule has 118 valence electrons. The van der Waals surface area contributed by atoms with E-state index >= 15 is 0 Å². The van der Waals surface area contributed by atoms with Crippen molar-refractivity contribution in [3.05, 3.63) is 82.9 Å². The number of benzene rings is 4. The summed E-state index contributed by atoms with van der Waals surface area (Å²) in [4.78, 5) is 0. The first-order chi connectivity index (χ1) is 11.6. The fourth-order valence-electron chi connectivity index (χ4n) is 3.96. The predicted octanol–water partition coefficient (Wildman–Crippen LogP) is 6.89. The molecule has 0 aromatic heterocycles. The van der Waals surface area contributed by atoms with E-state index in [0.717, 1.165) is 0 Å². The van der Waals surface area contributed by atoms with Gasteiger partial charge in [0.2, 0.25) is 0 Å². The Morgan fingerprint density at radius 1 is 0.458 bits per heavy atom. The van der Waals surface area contributed by atoms with Crippen molar-refractivity contribution in [1.82, 2.24) is 0 Å². The monoisotopic (exact) mass is 310 g/mol. The Bertz CT molecular complexity index is 995. The van der Waals surface area contributed by atoms with Gasteiger partial charge in [0.1, 0.15) is 0 Å². The number of rotatable bonds is 1. The Kier molecular flexibility index (Phi) is 3.42. The lowest BCUT2D eigenvalue weighted by atomic mass is 9.87. The quantitative estimate of drug-likeness (QED) is 0.359. The molecule has 0 amide bonds. The third kappa shape index (κ3) is 2.14. The van der Waals surface area contributed by atoms with Gasteiger partial charge >= 0.3 is 0 Å². The van der Waals surface area contributed by atoms with Crippen LogP contribution in [0.2, 0.25) is 0 Å². The molecule has 0 heterocycles. The van der Waals surface area contributed by atoms with Crippen LogP contribution >= 0.6 is 0 Å². The van der Waals surface area contributed by atoms with E-state index in [4.69, 9.17) is 0 Å². The summed E-state index contributed by atoms with van der Waals surface area (Å²) < 4.78 is 0. The van der Waals surface area contributed by atoms with Gasteiger partial charge in [0.25, 0.3) is 0 Å². The first-order valence-corrected chi connectivity index (χ1v) is 8.56. The zero-order chi connectivity index (χ0) is 16.8. The Hall–Kier alpha value is -2.60. The van der Waals surface area contributed by atoms with Crippen LogP contribution in [0.1, 0.15) is 22.3 Å². The minimum atomic E-state index is 1.34. The Balaban J connectivity index is 2.10. The molecule has 0 aliphatic carbocycles. The van der Waals surface area contributed by atoms with E-state index in [-0.39, 0.29) is 0 Å². The first kappa shape index (κ1) is 15.0. The second kappa shape index (κ2) is 5.49. The summed E-state index contributed by atoms with van der Waals surface area (Å²) in [5, 5.41) is 5.43. The number of fused-ring (bicyclic) bond motifs is 2. The fourth-order valence-corrected chi connectivity index (χ4v) is 3.96. The molecule has 24 heavy (non-hydrogen) atoms. The zero-order valence-corrected chi connectivity index (χ0v) is 14.8. The number of aryl methyl sites for hydroxylation is 4. The van der Waals surface area contributed by atoms with Gasteiger partial charge in [0.05, 0.1) is 0 Å². The summed E-state index contributed by atoms with van der Waals surface area (Å²) in [5.41, 5.74) is 8.14. The average molecular weight is 310 g/mol. The van der Waals surface area contributed by atoms with Crippen molar-refractivity contribution in [2.45, 2.75) is 27.7 Å². The molecule has 0 saturated carbocycles. The second-order valence-electron chi connectivity index (χ2n) is 6.82. The third-order valence-corrected chi connectivity index (χ3v) is 5.33. The van der Waals surface area contributed by atoms with E-state index in [1.165, 1.54) is 54.9 Å². The van der Waals surface area contributed by atoms with Gasteiger partial charge in [-0.2, -0.15) is 0 Å². The molecule has 0 fully saturated rings. The van der Waals surface area contributed by atoms with Crippen molar-refractivity contribution in [1.29, 1.82) is 0 Å². The highest BCUT2D eigenvalue weighted by Crippen LogP contribution is 2.37. The number of hydrogen-bond acceptors (Lipinski definition) is 0. The van der Waals surface area contributed by atoms with E-state index in [1.807, 2.05) is 0 Å². The van der Waals surface area contributed by atoms with Crippen LogP contribution in [-0.2, 0) is 0 Å². The molecule has 0 saturated heterocycles. The molecule has 0 radical (unpaired) electrons. The molecule has 0 nitrogen and oxygen atoms in total. The SMILES string of the molecule is Cc1cc(-c2cc(C)c3ccccc3c2C)c(C)c2ccccc12. The zero-order valence-electron chi connectivity index (χ0n) is 14.8. The lowest BCUT2D eigenvalue weighted by Gasteiger charge is -2.17. The second-order valence-corrected chi connectivity index (χ2v) is 6.82. The summed E-state index contributed by atoms with van der Waals surface area (Å²) in [6, 6.07) is 22.2. The first-order valence-electron chi connectivity index (χ1n) is 8.56. The van der Waals surface area contributed by atoms with Gasteiger partial charge in [0, 0.05) is 0 Å². The highest BCUT2D eigenvalue weighted by molar-refractivity contribution is 5.98. The van der Waals surface area contributed by atoms with Crippen molar-refractivity contribution in [2.24, 2.45) is 0 Å². The summed E-state index contributed by atoms with van der Waals surface area (Å²) >= 11 is 0. The van der Waals surface area contributed by atoms with Crippen LogP contribution in [-0.4, -0.2) is 0 Å². The lowest BCUT2D eigenvalue weighted by Crippen LogP contribution is -1.94. The highest BCUT2D eigenvalue weighted by Gasteiger charge is 2.13. The van der Waals surface area contributed by atoms with Gasteiger partial charge in [-0.05, 0) is 82.6 Å². The maximum atomic E-state index is 2.36. The summed E-state index contributed by atoms with van der Waals surface area (Å²) in [6.45, 7) is 8.94. The molecule has 0 bridgehead atoms. The van der Waals surface area contributed by atoms with Crippen molar-refractivity contribution in [3.8, 4) is 11.1 Å². The van der Waals surface area contributed by atoms with Gasteiger partial charge in [-0.15, -0.1) is 0 Å². The smallest absolute Gasteiger partial charge is 0.0143 e. The van der Waals surface area contributed by atoms with Gasteiger partial charge in [-0.3, -0.25) is 0 Å². The third-order valence-electron chi connectivity index (χ3n) is 5.33. The molecule has 0 heteroatoms. The van der Waals surface area contributed by atoms with E-state index < -0.39 is 0 Å². The Labute approximate surface area is 143 Å². The van der Waals surface area contributed by atoms with Crippen LogP contribution in [0.5, 0.6) is 0 Å². The molecule has 0 N–H and O–H groups in total. The van der Waals surface area contributed by atoms with Crippen LogP contribution < -0.4 is 0 Å². The van der Waals surface area contributed by atoms with Gasteiger partial charge in [-0.25, -0.2) is 0 Å². The Morgan fingerprint density at radius 2 is 0.792 bits per heavy atom. The molecule has 4 rings (SSSR count). The number of hydrogen-bond donors (Lipinski definition) is 0. The minimum absolute atomic E-state index is 1.34. The predicted molar refractivity (Wildman–Crippen MR) is 106 cm³/mol. The van der Waals surface area contributed by atoms with Gasteiger partial charge in [-0.1, -0.05) is 60.7 Å². The lowest BCUT2D eigenvalue weighted by molar-refractivity contribution is 1.40. The fraction of sp³-hybridized carbons (Fsp3) is 0.167. The van der Waals surface area contributed by atoms with E-state index in [1.54, 1.807) is 0 Å². The van der Waals surface area contributed by atoms with Crippen molar-refractivity contribution in [2.75, 3.05) is 0 Å². The van der Waals surface area contributed by atoms with E-state index in [0.29, 0.717) is 0 Å². The van der Waals surface area contributed by atoms with Crippen LogP contribution in [0.25, 0.3) is 32.7 Å². The Morgan fingerprint density at radius 3 is 1.17 bits per heavy atom. The minimum Gasteiger partial charge on any atom is -0.0616 e. The molecule has 0 aliphatic rings. The van der Waals surface area contributed by atoms with Crippen molar-refractivity contribution in [3.63, 3.8) is 0 Å². The topological polar surface area (TPSA) is 0 Å². The van der Waals surface area contributed by atoms with Crippen LogP contribution in [0.4, 0.5) is 0 Å². The maximum absolute atomic E-state index is 2.36. The molecule has 0 atom stereocenters. The average Bonchev–Trinajstić information content (AvgIpc) is 2.61. The normalized spacial score (nSPS) is 11.3. The molecule has 4 aromatic rings. The molecule has 0 aliphatic heterocycles. The standard InChI is InChI=1S/C24H22/c1-15-13-23(17(3)21-11-7-5-9-19(15)21)24-14-16(2)20-10-6-8-12-22(20)18(24)4/h5-14H,1-4H3.